The Bertz CT molecular complexity index is 1360. The first-order valence-electron chi connectivity index (χ1n) is 15.3. The topological polar surface area (TPSA) is 89.3 Å². The first-order valence-corrected chi connectivity index (χ1v) is 16.2. The van der Waals surface area contributed by atoms with Crippen LogP contribution in [-0.4, -0.2) is 61.2 Å². The lowest BCUT2D eigenvalue weighted by molar-refractivity contribution is 0.0220. The predicted octanol–water partition coefficient (Wildman–Crippen LogP) is 8.31. The largest absolute Gasteiger partial charge is 0.444 e. The minimum atomic E-state index is -0.668. The number of thioether (sulfide) groups is 1. The molecular weight excluding hydrogens is 562 g/mol. The van der Waals surface area contributed by atoms with Gasteiger partial charge in [-0.05, 0) is 71.9 Å². The molecular formula is C33H49N5O4S. The van der Waals surface area contributed by atoms with Crippen molar-refractivity contribution in [2.45, 2.75) is 116 Å². The van der Waals surface area contributed by atoms with E-state index in [0.717, 1.165) is 29.1 Å². The van der Waals surface area contributed by atoms with Crippen LogP contribution in [0, 0.1) is 0 Å². The monoisotopic (exact) mass is 611 g/mol. The average Bonchev–Trinajstić information content (AvgIpc) is 3.36. The second-order valence-electron chi connectivity index (χ2n) is 12.8. The van der Waals surface area contributed by atoms with Crippen molar-refractivity contribution in [2.75, 3.05) is 18.0 Å². The summed E-state index contributed by atoms with van der Waals surface area (Å²) < 4.78 is 13.3. The van der Waals surface area contributed by atoms with E-state index in [2.05, 4.69) is 13.8 Å². The minimum absolute atomic E-state index is 0.129. The van der Waals surface area contributed by atoms with Gasteiger partial charge in [0, 0.05) is 18.3 Å². The number of rotatable bonds is 6. The number of amides is 2. The molecule has 2 aromatic heterocycles. The van der Waals surface area contributed by atoms with Crippen molar-refractivity contribution in [3.8, 4) is 0 Å². The van der Waals surface area contributed by atoms with Gasteiger partial charge in [0.25, 0.3) is 0 Å². The Morgan fingerprint density at radius 1 is 1.05 bits per heavy atom. The molecule has 1 unspecified atom stereocenters. The number of ether oxygens (including phenoxy) is 2. The number of carbonyl (C=O) groups is 2. The molecule has 9 nitrogen and oxygen atoms in total. The van der Waals surface area contributed by atoms with Gasteiger partial charge in [-0.25, -0.2) is 19.1 Å². The summed E-state index contributed by atoms with van der Waals surface area (Å²) in [5.41, 5.74) is 1.94. The summed E-state index contributed by atoms with van der Waals surface area (Å²) in [6.07, 6.45) is 2.91. The third-order valence-corrected chi connectivity index (χ3v) is 7.61. The number of fused-ring (bicyclic) bond motifs is 1. The molecule has 1 fully saturated rings. The lowest BCUT2D eigenvalue weighted by atomic mass is 10.1. The smallest absolute Gasteiger partial charge is 0.415 e. The number of anilines is 1. The van der Waals surface area contributed by atoms with Crippen LogP contribution in [0.3, 0.4) is 0 Å². The molecule has 0 radical (unpaired) electrons. The lowest BCUT2D eigenvalue weighted by Crippen LogP contribution is -2.43. The van der Waals surface area contributed by atoms with Crippen LogP contribution >= 0.6 is 11.8 Å². The van der Waals surface area contributed by atoms with Gasteiger partial charge in [0.05, 0.1) is 24.1 Å². The Morgan fingerprint density at radius 3 is 2.30 bits per heavy atom. The number of piperidine rings is 1. The molecule has 10 heteroatoms. The zero-order chi connectivity index (χ0) is 31.9. The molecule has 3 aromatic rings. The first kappa shape index (κ1) is 34.2. The Balaban J connectivity index is 0.00000248. The highest BCUT2D eigenvalue weighted by atomic mass is 32.2. The average molecular weight is 612 g/mol. The molecule has 236 valence electrons. The number of hydrogen-bond donors (Lipinski definition) is 0. The van der Waals surface area contributed by atoms with Crippen molar-refractivity contribution in [3.63, 3.8) is 0 Å². The van der Waals surface area contributed by atoms with Crippen LogP contribution in [0.4, 0.5) is 15.3 Å². The van der Waals surface area contributed by atoms with Gasteiger partial charge in [-0.15, -0.1) is 0 Å². The number of aromatic nitrogens is 3. The van der Waals surface area contributed by atoms with E-state index in [1.807, 2.05) is 103 Å². The van der Waals surface area contributed by atoms with Crippen LogP contribution in [0.1, 0.15) is 99.3 Å². The van der Waals surface area contributed by atoms with E-state index in [1.165, 1.54) is 0 Å². The summed E-state index contributed by atoms with van der Waals surface area (Å²) in [5, 5.41) is 5.85. The fraction of sp³-hybridized carbons (Fsp3) is 0.576. The highest BCUT2D eigenvalue weighted by Crippen LogP contribution is 2.34. The molecule has 2 amide bonds. The summed E-state index contributed by atoms with van der Waals surface area (Å²) in [7, 11) is 0. The molecule has 0 aliphatic carbocycles. The Kier molecular flexibility index (Phi) is 11.5. The SMILES string of the molecule is CC.CC(C)c1cnc2c(N(Cc3ccccc3)C(=O)OC(C)(C)C)cc(SC3CCCN(C(=O)OC(C)(C)C)C3)nn12. The highest BCUT2D eigenvalue weighted by Gasteiger charge is 2.31. The molecule has 1 aromatic carbocycles. The maximum Gasteiger partial charge on any atom is 0.415 e. The molecule has 0 bridgehead atoms. The van der Waals surface area contributed by atoms with Crippen molar-refractivity contribution in [2.24, 2.45) is 0 Å². The standard InChI is InChI=1S/C31H43N5O4S.C2H6/c1-21(2)25-18-32-27-24(35(29(38)40-31(6,7)8)19-22-13-10-9-11-14-22)17-26(33-36(25)27)41-23-15-12-16-34(20-23)28(37)39-30(3,4)5;1-2/h9-11,13-14,17-18,21,23H,12,15-16,19-20H2,1-8H3;1-2H3. The van der Waals surface area contributed by atoms with Crippen molar-refractivity contribution in [1.29, 1.82) is 0 Å². The quantitative estimate of drug-likeness (QED) is 0.277. The molecule has 3 heterocycles. The van der Waals surface area contributed by atoms with Crippen molar-refractivity contribution >= 4 is 35.3 Å². The zero-order valence-electron chi connectivity index (χ0n) is 27.5. The van der Waals surface area contributed by atoms with Crippen LogP contribution in [0.2, 0.25) is 0 Å². The summed E-state index contributed by atoms with van der Waals surface area (Å²) in [4.78, 5) is 34.6. The molecule has 1 aliphatic rings. The van der Waals surface area contributed by atoms with E-state index < -0.39 is 17.3 Å². The summed E-state index contributed by atoms with van der Waals surface area (Å²) in [6, 6.07) is 11.8. The maximum absolute atomic E-state index is 13.7. The Hall–Kier alpha value is -3.27. The predicted molar refractivity (Wildman–Crippen MR) is 174 cm³/mol. The minimum Gasteiger partial charge on any atom is -0.444 e. The number of likely N-dealkylation sites (tertiary alicyclic amines) is 1. The summed E-state index contributed by atoms with van der Waals surface area (Å²) >= 11 is 1.62. The van der Waals surface area contributed by atoms with E-state index >= 15 is 0 Å². The van der Waals surface area contributed by atoms with Crippen LogP contribution < -0.4 is 4.90 Å². The van der Waals surface area contributed by atoms with Gasteiger partial charge >= 0.3 is 12.2 Å². The molecule has 0 N–H and O–H groups in total. The van der Waals surface area contributed by atoms with Gasteiger partial charge < -0.3 is 14.4 Å². The Morgan fingerprint density at radius 2 is 1.70 bits per heavy atom. The van der Waals surface area contributed by atoms with Gasteiger partial charge in [-0.2, -0.15) is 5.10 Å². The van der Waals surface area contributed by atoms with Gasteiger partial charge in [0.2, 0.25) is 0 Å². The number of benzene rings is 1. The molecule has 4 rings (SSSR count). The third kappa shape index (κ3) is 9.61. The molecule has 0 saturated carbocycles. The van der Waals surface area contributed by atoms with Crippen molar-refractivity contribution in [1.82, 2.24) is 19.5 Å². The number of nitrogens with zero attached hydrogens (tertiary/aromatic N) is 5. The second-order valence-corrected chi connectivity index (χ2v) is 14.1. The number of imidazole rings is 1. The van der Waals surface area contributed by atoms with Gasteiger partial charge in [-0.3, -0.25) is 4.90 Å². The fourth-order valence-corrected chi connectivity index (χ4v) is 5.81. The molecule has 0 spiro atoms. The van der Waals surface area contributed by atoms with Crippen LogP contribution in [-0.2, 0) is 16.0 Å². The second kappa shape index (κ2) is 14.5. The summed E-state index contributed by atoms with van der Waals surface area (Å²) in [5.74, 6) is 0.173. The van der Waals surface area contributed by atoms with E-state index in [9.17, 15) is 9.59 Å². The zero-order valence-corrected chi connectivity index (χ0v) is 28.3. The molecule has 1 aliphatic heterocycles. The van der Waals surface area contributed by atoms with Crippen LogP contribution in [0.15, 0.2) is 47.6 Å². The maximum atomic E-state index is 13.7. The normalized spacial score (nSPS) is 15.6. The highest BCUT2D eigenvalue weighted by molar-refractivity contribution is 7.99. The van der Waals surface area contributed by atoms with Crippen LogP contribution in [0.5, 0.6) is 0 Å². The van der Waals surface area contributed by atoms with Crippen LogP contribution in [0.25, 0.3) is 5.65 Å². The van der Waals surface area contributed by atoms with Gasteiger partial charge in [0.1, 0.15) is 16.2 Å². The summed E-state index contributed by atoms with van der Waals surface area (Å²) in [6.45, 7) is 21.0. The molecule has 1 saturated heterocycles. The van der Waals surface area contributed by atoms with E-state index in [1.54, 1.807) is 21.6 Å². The van der Waals surface area contributed by atoms with Crippen molar-refractivity contribution < 1.29 is 19.1 Å². The van der Waals surface area contributed by atoms with E-state index in [-0.39, 0.29) is 17.3 Å². The third-order valence-electron chi connectivity index (χ3n) is 6.45. The number of hydrogen-bond acceptors (Lipinski definition) is 7. The molecule has 1 atom stereocenters. The number of carbonyl (C=O) groups excluding carboxylic acids is 2. The molecule has 43 heavy (non-hydrogen) atoms. The van der Waals surface area contributed by atoms with Gasteiger partial charge in [0.15, 0.2) is 5.65 Å². The van der Waals surface area contributed by atoms with E-state index in [4.69, 9.17) is 19.6 Å². The van der Waals surface area contributed by atoms with Crippen molar-refractivity contribution in [3.05, 3.63) is 53.9 Å². The van der Waals surface area contributed by atoms with Gasteiger partial charge in [-0.1, -0.05) is 69.8 Å². The Labute approximate surface area is 261 Å². The van der Waals surface area contributed by atoms with E-state index in [0.29, 0.717) is 31.0 Å². The lowest BCUT2D eigenvalue weighted by Gasteiger charge is -2.33. The fourth-order valence-electron chi connectivity index (χ4n) is 4.63. The first-order chi connectivity index (χ1) is 20.2.